The number of nitrogen functional groups attached to an aromatic ring is 1. The second-order valence-corrected chi connectivity index (χ2v) is 3.02. The van der Waals surface area contributed by atoms with E-state index in [1.54, 1.807) is 6.07 Å². The van der Waals surface area contributed by atoms with Crippen LogP contribution in [-0.4, -0.2) is 0 Å². The minimum Gasteiger partial charge on any atom is -0.398 e. The van der Waals surface area contributed by atoms with Crippen molar-refractivity contribution in [2.75, 3.05) is 5.73 Å². The van der Waals surface area contributed by atoms with E-state index in [0.717, 1.165) is 17.7 Å². The second kappa shape index (κ2) is 4.17. The van der Waals surface area contributed by atoms with Crippen LogP contribution >= 0.6 is 11.6 Å². The summed E-state index contributed by atoms with van der Waals surface area (Å²) in [6.07, 6.45) is 5.09. The lowest BCUT2D eigenvalue weighted by Gasteiger charge is -1.99. The molecular formula is C10H12ClN. The molecule has 2 N–H and O–H groups in total. The maximum Gasteiger partial charge on any atom is 0.0426 e. The SMILES string of the molecule is CC/C=C\c1ccc(Cl)cc1N. The smallest absolute Gasteiger partial charge is 0.0426 e. The van der Waals surface area contributed by atoms with E-state index < -0.39 is 0 Å². The molecule has 0 aliphatic heterocycles. The standard InChI is InChI=1S/C10H12ClN/c1-2-3-4-8-5-6-9(11)7-10(8)12/h3-7H,2,12H2,1H3/b4-3-. The van der Waals surface area contributed by atoms with Gasteiger partial charge in [-0.15, -0.1) is 0 Å². The Labute approximate surface area is 77.8 Å². The fourth-order valence-electron chi connectivity index (χ4n) is 0.942. The van der Waals surface area contributed by atoms with Crippen molar-refractivity contribution in [3.8, 4) is 0 Å². The molecule has 0 atom stereocenters. The fraction of sp³-hybridized carbons (Fsp3) is 0.200. The normalized spacial score (nSPS) is 10.8. The summed E-state index contributed by atoms with van der Waals surface area (Å²) < 4.78 is 0. The third-order valence-electron chi connectivity index (χ3n) is 1.58. The van der Waals surface area contributed by atoms with Gasteiger partial charge in [-0.25, -0.2) is 0 Å². The van der Waals surface area contributed by atoms with Crippen LogP contribution in [0.5, 0.6) is 0 Å². The van der Waals surface area contributed by atoms with Gasteiger partial charge in [-0.05, 0) is 24.1 Å². The lowest BCUT2D eigenvalue weighted by molar-refractivity contribution is 1.23. The van der Waals surface area contributed by atoms with E-state index in [2.05, 4.69) is 13.0 Å². The molecule has 2 heteroatoms. The summed E-state index contributed by atoms with van der Waals surface area (Å²) in [7, 11) is 0. The molecule has 1 rings (SSSR count). The molecule has 0 amide bonds. The average Bonchev–Trinajstić information content (AvgIpc) is 2.03. The maximum atomic E-state index is 5.75. The van der Waals surface area contributed by atoms with Gasteiger partial charge in [0.05, 0.1) is 0 Å². The molecule has 1 aromatic rings. The average molecular weight is 182 g/mol. The van der Waals surface area contributed by atoms with Crippen LogP contribution in [-0.2, 0) is 0 Å². The second-order valence-electron chi connectivity index (χ2n) is 2.58. The molecule has 0 aromatic heterocycles. The Balaban J connectivity index is 2.94. The molecule has 0 radical (unpaired) electrons. The molecule has 1 aromatic carbocycles. The van der Waals surface area contributed by atoms with Crippen LogP contribution in [0.25, 0.3) is 6.08 Å². The van der Waals surface area contributed by atoms with Gasteiger partial charge in [0.1, 0.15) is 0 Å². The Bertz CT molecular complexity index is 292. The quantitative estimate of drug-likeness (QED) is 0.696. The summed E-state index contributed by atoms with van der Waals surface area (Å²) in [6, 6.07) is 5.52. The minimum atomic E-state index is 0.682. The van der Waals surface area contributed by atoms with Crippen molar-refractivity contribution in [2.24, 2.45) is 0 Å². The first-order valence-corrected chi connectivity index (χ1v) is 4.33. The summed E-state index contributed by atoms with van der Waals surface area (Å²) in [5.41, 5.74) is 7.48. The van der Waals surface area contributed by atoms with Gasteiger partial charge in [0.15, 0.2) is 0 Å². The monoisotopic (exact) mass is 181 g/mol. The zero-order valence-corrected chi connectivity index (χ0v) is 7.81. The first kappa shape index (κ1) is 9.14. The van der Waals surface area contributed by atoms with Crippen LogP contribution in [0, 0.1) is 0 Å². The van der Waals surface area contributed by atoms with Gasteiger partial charge in [0.2, 0.25) is 0 Å². The van der Waals surface area contributed by atoms with E-state index in [-0.39, 0.29) is 0 Å². The van der Waals surface area contributed by atoms with Crippen molar-refractivity contribution in [2.45, 2.75) is 13.3 Å². The van der Waals surface area contributed by atoms with Crippen molar-refractivity contribution in [3.05, 3.63) is 34.9 Å². The molecule has 64 valence electrons. The Kier molecular flexibility index (Phi) is 3.18. The highest BCUT2D eigenvalue weighted by atomic mass is 35.5. The number of benzene rings is 1. The van der Waals surface area contributed by atoms with Crippen LogP contribution < -0.4 is 5.73 Å². The molecule has 0 bridgehead atoms. The van der Waals surface area contributed by atoms with Crippen molar-refractivity contribution >= 4 is 23.4 Å². The van der Waals surface area contributed by atoms with E-state index in [1.807, 2.05) is 18.2 Å². The molecule has 0 spiro atoms. The predicted octanol–water partition coefficient (Wildman–Crippen LogP) is 3.35. The minimum absolute atomic E-state index is 0.682. The highest BCUT2D eigenvalue weighted by Gasteiger charge is 1.94. The van der Waals surface area contributed by atoms with Crippen LogP contribution in [0.3, 0.4) is 0 Å². The predicted molar refractivity (Wildman–Crippen MR) is 55.2 cm³/mol. The van der Waals surface area contributed by atoms with Crippen molar-refractivity contribution in [3.63, 3.8) is 0 Å². The molecule has 0 aliphatic rings. The van der Waals surface area contributed by atoms with Gasteiger partial charge < -0.3 is 5.73 Å². The molecule has 0 fully saturated rings. The zero-order valence-electron chi connectivity index (χ0n) is 7.05. The number of anilines is 1. The van der Waals surface area contributed by atoms with Crippen molar-refractivity contribution in [1.29, 1.82) is 0 Å². The van der Waals surface area contributed by atoms with Crippen molar-refractivity contribution in [1.82, 2.24) is 0 Å². The molecule has 0 saturated heterocycles. The number of hydrogen-bond acceptors (Lipinski definition) is 1. The number of hydrogen-bond donors (Lipinski definition) is 1. The Hall–Kier alpha value is -0.950. The van der Waals surface area contributed by atoms with Gasteiger partial charge in [0.25, 0.3) is 0 Å². The maximum absolute atomic E-state index is 5.75. The fourth-order valence-corrected chi connectivity index (χ4v) is 1.12. The first-order valence-electron chi connectivity index (χ1n) is 3.95. The van der Waals surface area contributed by atoms with Crippen LogP contribution in [0.2, 0.25) is 5.02 Å². The van der Waals surface area contributed by atoms with Gasteiger partial charge in [0, 0.05) is 10.7 Å². The van der Waals surface area contributed by atoms with E-state index >= 15 is 0 Å². The van der Waals surface area contributed by atoms with E-state index in [0.29, 0.717) is 5.02 Å². The number of nitrogens with two attached hydrogens (primary N) is 1. The molecule has 1 nitrogen and oxygen atoms in total. The summed E-state index contributed by atoms with van der Waals surface area (Å²) in [5.74, 6) is 0. The van der Waals surface area contributed by atoms with E-state index in [4.69, 9.17) is 17.3 Å². The molecule has 12 heavy (non-hydrogen) atoms. The molecule has 0 heterocycles. The number of allylic oxidation sites excluding steroid dienone is 1. The number of halogens is 1. The highest BCUT2D eigenvalue weighted by molar-refractivity contribution is 6.30. The Morgan fingerprint density at radius 2 is 2.25 bits per heavy atom. The lowest BCUT2D eigenvalue weighted by Crippen LogP contribution is -1.88. The van der Waals surface area contributed by atoms with Gasteiger partial charge in [-0.2, -0.15) is 0 Å². The molecule has 0 saturated carbocycles. The summed E-state index contributed by atoms with van der Waals surface area (Å²) in [4.78, 5) is 0. The summed E-state index contributed by atoms with van der Waals surface area (Å²) in [6.45, 7) is 2.09. The van der Waals surface area contributed by atoms with Gasteiger partial charge in [-0.1, -0.05) is 36.7 Å². The Morgan fingerprint density at radius 1 is 1.50 bits per heavy atom. The van der Waals surface area contributed by atoms with Gasteiger partial charge in [-0.3, -0.25) is 0 Å². The third kappa shape index (κ3) is 2.28. The van der Waals surface area contributed by atoms with Crippen LogP contribution in [0.15, 0.2) is 24.3 Å². The highest BCUT2D eigenvalue weighted by Crippen LogP contribution is 2.19. The van der Waals surface area contributed by atoms with Gasteiger partial charge >= 0.3 is 0 Å². The third-order valence-corrected chi connectivity index (χ3v) is 1.82. The molecular weight excluding hydrogens is 170 g/mol. The van der Waals surface area contributed by atoms with E-state index in [1.165, 1.54) is 0 Å². The molecule has 0 aliphatic carbocycles. The zero-order chi connectivity index (χ0) is 8.97. The summed E-state index contributed by atoms with van der Waals surface area (Å²) in [5, 5.41) is 0.682. The van der Waals surface area contributed by atoms with Crippen molar-refractivity contribution < 1.29 is 0 Å². The lowest BCUT2D eigenvalue weighted by atomic mass is 10.1. The number of rotatable bonds is 2. The van der Waals surface area contributed by atoms with E-state index in [9.17, 15) is 0 Å². The first-order chi connectivity index (χ1) is 5.74. The van der Waals surface area contributed by atoms with Crippen LogP contribution in [0.1, 0.15) is 18.9 Å². The van der Waals surface area contributed by atoms with Crippen LogP contribution in [0.4, 0.5) is 5.69 Å². The Morgan fingerprint density at radius 3 is 2.83 bits per heavy atom. The topological polar surface area (TPSA) is 26.0 Å². The summed E-state index contributed by atoms with van der Waals surface area (Å²) >= 11 is 5.75. The largest absolute Gasteiger partial charge is 0.398 e. The molecule has 0 unspecified atom stereocenters.